The number of carbonyl (C=O) groups is 2. The van der Waals surface area contributed by atoms with Crippen LogP contribution in [0.2, 0.25) is 0 Å². The van der Waals surface area contributed by atoms with E-state index in [1.165, 1.54) is 17.7 Å². The van der Waals surface area contributed by atoms with Crippen molar-refractivity contribution in [2.24, 2.45) is 11.8 Å². The highest BCUT2D eigenvalue weighted by atomic mass is 16.2. The molecule has 2 aromatic rings. The van der Waals surface area contributed by atoms with Gasteiger partial charge in [0.25, 0.3) is 11.8 Å². The molecule has 3 aliphatic rings. The first-order chi connectivity index (χ1) is 15.9. The van der Waals surface area contributed by atoms with E-state index < -0.39 is 0 Å². The summed E-state index contributed by atoms with van der Waals surface area (Å²) >= 11 is 0. The molecule has 5 rings (SSSR count). The van der Waals surface area contributed by atoms with E-state index in [-0.39, 0.29) is 11.8 Å². The quantitative estimate of drug-likeness (QED) is 0.633. The van der Waals surface area contributed by atoms with Gasteiger partial charge in [-0.1, -0.05) is 43.7 Å². The summed E-state index contributed by atoms with van der Waals surface area (Å²) in [5, 5.41) is 0. The zero-order valence-corrected chi connectivity index (χ0v) is 19.9. The first-order valence-corrected chi connectivity index (χ1v) is 12.2. The molecule has 0 radical (unpaired) electrons. The molecule has 2 saturated heterocycles. The third-order valence-electron chi connectivity index (χ3n) is 7.16. The molecule has 0 spiro atoms. The molecule has 0 aromatic heterocycles. The fraction of sp³-hybridized carbons (Fsp3) is 0.429. The van der Waals surface area contributed by atoms with Crippen molar-refractivity contribution in [2.75, 3.05) is 36.0 Å². The third kappa shape index (κ3) is 4.05. The van der Waals surface area contributed by atoms with E-state index in [0.717, 1.165) is 49.4 Å². The highest BCUT2D eigenvalue weighted by molar-refractivity contribution is 6.45. The van der Waals surface area contributed by atoms with E-state index in [4.69, 9.17) is 0 Å². The van der Waals surface area contributed by atoms with Gasteiger partial charge in [-0.25, -0.2) is 4.90 Å². The summed E-state index contributed by atoms with van der Waals surface area (Å²) in [4.78, 5) is 33.5. The predicted octanol–water partition coefficient (Wildman–Crippen LogP) is 4.86. The fourth-order valence-corrected chi connectivity index (χ4v) is 5.66. The number of hydrogen-bond donors (Lipinski definition) is 0. The van der Waals surface area contributed by atoms with Crippen LogP contribution in [0.15, 0.2) is 54.2 Å². The lowest BCUT2D eigenvalue weighted by Gasteiger charge is -2.37. The van der Waals surface area contributed by atoms with E-state index in [9.17, 15) is 9.59 Å². The largest absolute Gasteiger partial charge is 0.372 e. The van der Waals surface area contributed by atoms with E-state index in [2.05, 4.69) is 23.6 Å². The average molecular weight is 444 g/mol. The van der Waals surface area contributed by atoms with Crippen molar-refractivity contribution < 1.29 is 9.59 Å². The molecule has 33 heavy (non-hydrogen) atoms. The van der Waals surface area contributed by atoms with Gasteiger partial charge in [-0.05, 0) is 67.9 Å². The summed E-state index contributed by atoms with van der Waals surface area (Å²) in [7, 11) is 0. The van der Waals surface area contributed by atoms with Gasteiger partial charge in [0.2, 0.25) is 0 Å². The lowest BCUT2D eigenvalue weighted by Crippen LogP contribution is -2.42. The van der Waals surface area contributed by atoms with Gasteiger partial charge in [0.05, 0.1) is 11.3 Å². The smallest absolute Gasteiger partial charge is 0.282 e. The van der Waals surface area contributed by atoms with Crippen molar-refractivity contribution in [1.82, 2.24) is 4.90 Å². The highest BCUT2D eigenvalue weighted by Gasteiger charge is 2.43. The van der Waals surface area contributed by atoms with Crippen LogP contribution in [-0.2, 0) is 9.59 Å². The Morgan fingerprint density at radius 1 is 0.727 bits per heavy atom. The van der Waals surface area contributed by atoms with Gasteiger partial charge < -0.3 is 9.80 Å². The van der Waals surface area contributed by atoms with E-state index in [1.54, 1.807) is 0 Å². The summed E-state index contributed by atoms with van der Waals surface area (Å²) in [6.45, 7) is 10.2. The number of nitrogens with zero attached hydrogens (tertiary/aromatic N) is 3. The average Bonchev–Trinajstić information content (AvgIpc) is 3.41. The Labute approximate surface area is 196 Å². The summed E-state index contributed by atoms with van der Waals surface area (Å²) in [6.07, 6.45) is 3.57. The molecule has 2 fully saturated rings. The predicted molar refractivity (Wildman–Crippen MR) is 133 cm³/mol. The summed E-state index contributed by atoms with van der Waals surface area (Å²) < 4.78 is 0. The second kappa shape index (κ2) is 8.69. The number of imide groups is 1. The molecule has 0 N–H and O–H groups in total. The molecule has 2 unspecified atom stereocenters. The second-order valence-electron chi connectivity index (χ2n) is 10.1. The van der Waals surface area contributed by atoms with Crippen LogP contribution in [0.4, 0.5) is 11.4 Å². The zero-order chi connectivity index (χ0) is 23.1. The number of amides is 2. The monoisotopic (exact) mass is 443 g/mol. The number of benzene rings is 2. The van der Waals surface area contributed by atoms with Crippen molar-refractivity contribution in [1.29, 1.82) is 0 Å². The molecule has 5 heteroatoms. The number of hydrogen-bond acceptors (Lipinski definition) is 4. The minimum atomic E-state index is -0.223. The fourth-order valence-electron chi connectivity index (χ4n) is 5.66. The first kappa shape index (κ1) is 21.7. The van der Waals surface area contributed by atoms with E-state index in [1.807, 2.05) is 55.5 Å². The van der Waals surface area contributed by atoms with E-state index in [0.29, 0.717) is 28.8 Å². The Bertz CT molecular complexity index is 1070. The number of rotatable bonds is 4. The van der Waals surface area contributed by atoms with Gasteiger partial charge in [0.15, 0.2) is 0 Å². The van der Waals surface area contributed by atoms with Gasteiger partial charge in [0.1, 0.15) is 5.70 Å². The first-order valence-electron chi connectivity index (χ1n) is 12.2. The van der Waals surface area contributed by atoms with Crippen LogP contribution in [0.25, 0.3) is 5.57 Å². The minimum absolute atomic E-state index is 0.203. The highest BCUT2D eigenvalue weighted by Crippen LogP contribution is 2.38. The maximum absolute atomic E-state index is 13.8. The molecule has 2 aromatic carbocycles. The molecule has 2 atom stereocenters. The van der Waals surface area contributed by atoms with Gasteiger partial charge in [0, 0.05) is 31.9 Å². The maximum Gasteiger partial charge on any atom is 0.282 e. The van der Waals surface area contributed by atoms with Crippen LogP contribution in [0.1, 0.15) is 44.2 Å². The van der Waals surface area contributed by atoms with Gasteiger partial charge in [-0.15, -0.1) is 0 Å². The molecule has 0 saturated carbocycles. The lowest BCUT2D eigenvalue weighted by molar-refractivity contribution is -0.120. The normalized spacial score (nSPS) is 23.8. The molecule has 0 bridgehead atoms. The zero-order valence-electron chi connectivity index (χ0n) is 19.9. The Morgan fingerprint density at radius 3 is 1.91 bits per heavy atom. The van der Waals surface area contributed by atoms with E-state index >= 15 is 0 Å². The van der Waals surface area contributed by atoms with Crippen molar-refractivity contribution >= 4 is 28.8 Å². The third-order valence-corrected chi connectivity index (χ3v) is 7.16. The standard InChI is InChI=1S/C28H33N3O2/c1-19-6-8-22(9-7-19)25-26(30-17-20(2)16-21(3)18-30)28(33)31(27(25)32)24-12-10-23(11-13-24)29-14-4-5-15-29/h6-13,20-21H,4-5,14-18H2,1-3H3. The SMILES string of the molecule is Cc1ccc(C2=C(N3CC(C)CC(C)C3)C(=O)N(c3ccc(N4CCCC4)cc3)C2=O)cc1. The van der Waals surface area contributed by atoms with Gasteiger partial charge >= 0.3 is 0 Å². The Balaban J connectivity index is 1.53. The van der Waals surface area contributed by atoms with Crippen molar-refractivity contribution in [3.63, 3.8) is 0 Å². The van der Waals surface area contributed by atoms with Gasteiger partial charge in [-0.3, -0.25) is 9.59 Å². The van der Waals surface area contributed by atoms with Crippen LogP contribution >= 0.6 is 0 Å². The molecule has 2 amide bonds. The van der Waals surface area contributed by atoms with Crippen molar-refractivity contribution in [3.8, 4) is 0 Å². The lowest BCUT2D eigenvalue weighted by atomic mass is 9.91. The number of carbonyl (C=O) groups excluding carboxylic acids is 2. The molecular weight excluding hydrogens is 410 g/mol. The Kier molecular flexibility index (Phi) is 5.73. The van der Waals surface area contributed by atoms with Crippen LogP contribution in [-0.4, -0.2) is 42.9 Å². The molecule has 3 aliphatic heterocycles. The molecule has 5 nitrogen and oxygen atoms in total. The second-order valence-corrected chi connectivity index (χ2v) is 10.1. The van der Waals surface area contributed by atoms with Crippen molar-refractivity contribution in [2.45, 2.75) is 40.0 Å². The van der Waals surface area contributed by atoms with Crippen molar-refractivity contribution in [3.05, 3.63) is 65.4 Å². The van der Waals surface area contributed by atoms with Gasteiger partial charge in [-0.2, -0.15) is 0 Å². The van der Waals surface area contributed by atoms with Crippen LogP contribution in [0.3, 0.4) is 0 Å². The van der Waals surface area contributed by atoms with Crippen LogP contribution < -0.4 is 9.80 Å². The Morgan fingerprint density at radius 2 is 1.30 bits per heavy atom. The Hall–Kier alpha value is -3.08. The number of anilines is 2. The van der Waals surface area contributed by atoms with Crippen LogP contribution in [0.5, 0.6) is 0 Å². The number of piperidine rings is 1. The minimum Gasteiger partial charge on any atom is -0.372 e. The summed E-state index contributed by atoms with van der Waals surface area (Å²) in [5.74, 6) is 0.541. The number of likely N-dealkylation sites (tertiary alicyclic amines) is 1. The number of aryl methyl sites for hydroxylation is 1. The summed E-state index contributed by atoms with van der Waals surface area (Å²) in [6, 6.07) is 15.9. The molecular formula is C28H33N3O2. The van der Waals surface area contributed by atoms with Crippen LogP contribution in [0, 0.1) is 18.8 Å². The topological polar surface area (TPSA) is 43.9 Å². The molecule has 3 heterocycles. The molecule has 0 aliphatic carbocycles. The molecule has 172 valence electrons. The summed E-state index contributed by atoms with van der Waals surface area (Å²) in [5.41, 5.74) is 4.84. The maximum atomic E-state index is 13.8.